The van der Waals surface area contributed by atoms with E-state index in [0.29, 0.717) is 30.9 Å². The summed E-state index contributed by atoms with van der Waals surface area (Å²) in [5, 5.41) is 7.13. The van der Waals surface area contributed by atoms with E-state index in [4.69, 9.17) is 9.57 Å². The third-order valence-corrected chi connectivity index (χ3v) is 4.86. The van der Waals surface area contributed by atoms with Gasteiger partial charge in [0.1, 0.15) is 0 Å². The molecule has 1 aromatic heterocycles. The Morgan fingerprint density at radius 3 is 3.00 bits per heavy atom. The number of oxime groups is 1. The summed E-state index contributed by atoms with van der Waals surface area (Å²) in [6.07, 6.45) is -1.12. The topological polar surface area (TPSA) is 72.8 Å². The Labute approximate surface area is 169 Å². The Bertz CT molecular complexity index is 894. The molecule has 0 saturated heterocycles. The number of pyridine rings is 1. The first-order chi connectivity index (χ1) is 13.5. The number of carbonyl (C=O) groups excluding carboxylic acids is 1. The van der Waals surface area contributed by atoms with Crippen molar-refractivity contribution in [3.63, 3.8) is 0 Å². The van der Waals surface area contributed by atoms with Gasteiger partial charge in [-0.05, 0) is 47.5 Å². The maximum atomic E-state index is 13.8. The van der Waals surface area contributed by atoms with Crippen molar-refractivity contribution in [3.05, 3.63) is 40.5 Å². The monoisotopic (exact) mass is 455 g/mol. The molecule has 6 nitrogen and oxygen atoms in total. The van der Waals surface area contributed by atoms with Crippen molar-refractivity contribution in [2.45, 2.75) is 31.8 Å². The van der Waals surface area contributed by atoms with Gasteiger partial charge in [-0.1, -0.05) is 11.2 Å². The molecule has 2 aromatic rings. The molecule has 0 bridgehead atoms. The average Bonchev–Trinajstić information content (AvgIpc) is 3.14. The number of halogens is 3. The van der Waals surface area contributed by atoms with Gasteiger partial charge in [0.25, 0.3) is 17.9 Å². The van der Waals surface area contributed by atoms with Crippen LogP contribution in [0.25, 0.3) is 10.9 Å². The fourth-order valence-corrected chi connectivity index (χ4v) is 3.25. The zero-order valence-electron chi connectivity index (χ0n) is 15.3. The first kappa shape index (κ1) is 20.6. The maximum absolute atomic E-state index is 13.8. The van der Waals surface area contributed by atoms with Crippen LogP contribution in [0.5, 0.6) is 0 Å². The van der Waals surface area contributed by atoms with Crippen LogP contribution in [0, 0.1) is 0 Å². The molecule has 1 N–H and O–H groups in total. The standard InChI is InChI=1S/C19H20BrF2N3O3/c1-2-27-7-3-6-23-18(26)19(17(21)22)10-16(25-28-19)12-4-5-15-13(8-12)9-14(20)11-24-15/h4-5,8-9,11,17H,2-3,6-7,10H2,1H3,(H,23,26). The number of hydrogen-bond acceptors (Lipinski definition) is 5. The minimum absolute atomic E-state index is 0.224. The maximum Gasteiger partial charge on any atom is 0.289 e. The number of benzene rings is 1. The van der Waals surface area contributed by atoms with Gasteiger partial charge in [0.2, 0.25) is 0 Å². The van der Waals surface area contributed by atoms with Crippen LogP contribution in [-0.4, -0.2) is 48.4 Å². The highest BCUT2D eigenvalue weighted by molar-refractivity contribution is 9.10. The van der Waals surface area contributed by atoms with Gasteiger partial charge < -0.3 is 14.9 Å². The second-order valence-corrected chi connectivity index (χ2v) is 7.28. The van der Waals surface area contributed by atoms with Crippen LogP contribution >= 0.6 is 15.9 Å². The largest absolute Gasteiger partial charge is 0.382 e. The van der Waals surface area contributed by atoms with Crippen molar-refractivity contribution in [1.29, 1.82) is 0 Å². The lowest BCUT2D eigenvalue weighted by Crippen LogP contribution is -2.52. The van der Waals surface area contributed by atoms with Crippen LogP contribution in [0.2, 0.25) is 0 Å². The van der Waals surface area contributed by atoms with E-state index in [1.807, 2.05) is 13.0 Å². The second kappa shape index (κ2) is 8.91. The number of amides is 1. The molecule has 1 aliphatic heterocycles. The Kier molecular flexibility index (Phi) is 6.56. The molecule has 1 amide bonds. The van der Waals surface area contributed by atoms with E-state index < -0.39 is 17.9 Å². The molecule has 0 saturated carbocycles. The summed E-state index contributed by atoms with van der Waals surface area (Å²) in [6.45, 7) is 3.09. The van der Waals surface area contributed by atoms with E-state index in [0.717, 1.165) is 15.4 Å². The molecule has 1 aromatic carbocycles. The number of rotatable bonds is 8. The van der Waals surface area contributed by atoms with Gasteiger partial charge in [0, 0.05) is 41.4 Å². The third kappa shape index (κ3) is 4.30. The van der Waals surface area contributed by atoms with E-state index in [1.54, 1.807) is 24.4 Å². The Balaban J connectivity index is 1.73. The lowest BCUT2D eigenvalue weighted by Gasteiger charge is -2.24. The van der Waals surface area contributed by atoms with Crippen LogP contribution in [0.15, 0.2) is 40.1 Å². The molecule has 1 aliphatic rings. The number of nitrogens with zero attached hydrogens (tertiary/aromatic N) is 2. The van der Waals surface area contributed by atoms with E-state index in [-0.39, 0.29) is 13.0 Å². The van der Waals surface area contributed by atoms with Gasteiger partial charge in [0.15, 0.2) is 0 Å². The molecular weight excluding hydrogens is 436 g/mol. The lowest BCUT2D eigenvalue weighted by atomic mass is 9.93. The van der Waals surface area contributed by atoms with Crippen molar-refractivity contribution in [2.24, 2.45) is 5.16 Å². The fourth-order valence-electron chi connectivity index (χ4n) is 2.90. The summed E-state index contributed by atoms with van der Waals surface area (Å²) in [6, 6.07) is 7.16. The van der Waals surface area contributed by atoms with Crippen molar-refractivity contribution in [2.75, 3.05) is 19.8 Å². The van der Waals surface area contributed by atoms with Gasteiger partial charge >= 0.3 is 0 Å². The minimum Gasteiger partial charge on any atom is -0.382 e. The van der Waals surface area contributed by atoms with Gasteiger partial charge in [0.05, 0.1) is 17.6 Å². The fraction of sp³-hybridized carbons (Fsp3) is 0.421. The quantitative estimate of drug-likeness (QED) is 0.616. The van der Waals surface area contributed by atoms with Crippen molar-refractivity contribution >= 4 is 38.5 Å². The Morgan fingerprint density at radius 2 is 2.25 bits per heavy atom. The Morgan fingerprint density at radius 1 is 1.43 bits per heavy atom. The summed E-state index contributed by atoms with van der Waals surface area (Å²) in [4.78, 5) is 21.7. The van der Waals surface area contributed by atoms with E-state index in [2.05, 4.69) is 31.4 Å². The molecule has 0 fully saturated rings. The highest BCUT2D eigenvalue weighted by Crippen LogP contribution is 2.33. The number of hydrogen-bond donors (Lipinski definition) is 1. The second-order valence-electron chi connectivity index (χ2n) is 6.36. The predicted molar refractivity (Wildman–Crippen MR) is 105 cm³/mol. The Hall–Kier alpha value is -2.13. The van der Waals surface area contributed by atoms with Crippen LogP contribution in [0.1, 0.15) is 25.3 Å². The molecule has 2 heterocycles. The molecule has 0 radical (unpaired) electrons. The molecular formula is C19H20BrF2N3O3. The summed E-state index contributed by atoms with van der Waals surface area (Å²) >= 11 is 3.36. The summed E-state index contributed by atoms with van der Waals surface area (Å²) in [7, 11) is 0. The molecule has 3 rings (SSSR count). The number of fused-ring (bicyclic) bond motifs is 1. The zero-order chi connectivity index (χ0) is 20.1. The minimum atomic E-state index is -3.02. The number of carbonyl (C=O) groups is 1. The van der Waals surface area contributed by atoms with Crippen molar-refractivity contribution in [3.8, 4) is 0 Å². The van der Waals surface area contributed by atoms with Crippen molar-refractivity contribution < 1.29 is 23.1 Å². The van der Waals surface area contributed by atoms with Gasteiger partial charge in [-0.3, -0.25) is 9.78 Å². The first-order valence-corrected chi connectivity index (χ1v) is 9.70. The number of alkyl halides is 2. The van der Waals surface area contributed by atoms with Crippen LogP contribution in [-0.2, 0) is 14.4 Å². The van der Waals surface area contributed by atoms with Crippen molar-refractivity contribution in [1.82, 2.24) is 10.3 Å². The van der Waals surface area contributed by atoms with Gasteiger partial charge in [-0.25, -0.2) is 8.78 Å². The normalized spacial score (nSPS) is 19.0. The molecule has 9 heteroatoms. The first-order valence-electron chi connectivity index (χ1n) is 8.91. The van der Waals surface area contributed by atoms with Crippen LogP contribution in [0.3, 0.4) is 0 Å². The van der Waals surface area contributed by atoms with Gasteiger partial charge in [-0.2, -0.15) is 0 Å². The SMILES string of the molecule is CCOCCCNC(=O)C1(C(F)F)CC(c2ccc3ncc(Br)cc3c2)=NO1. The highest BCUT2D eigenvalue weighted by atomic mass is 79.9. The molecule has 28 heavy (non-hydrogen) atoms. The van der Waals surface area contributed by atoms with E-state index >= 15 is 0 Å². The van der Waals surface area contributed by atoms with E-state index in [1.165, 1.54) is 0 Å². The number of nitrogens with one attached hydrogen (secondary N) is 1. The smallest absolute Gasteiger partial charge is 0.289 e. The summed E-state index contributed by atoms with van der Waals surface area (Å²) in [5.41, 5.74) is -0.643. The summed E-state index contributed by atoms with van der Waals surface area (Å²) in [5.74, 6) is -0.872. The van der Waals surface area contributed by atoms with Gasteiger partial charge in [-0.15, -0.1) is 0 Å². The summed E-state index contributed by atoms with van der Waals surface area (Å²) < 4.78 is 33.5. The highest BCUT2D eigenvalue weighted by Gasteiger charge is 2.54. The van der Waals surface area contributed by atoms with Crippen LogP contribution in [0.4, 0.5) is 8.78 Å². The predicted octanol–water partition coefficient (Wildman–Crippen LogP) is 3.67. The zero-order valence-corrected chi connectivity index (χ0v) is 16.8. The van der Waals surface area contributed by atoms with E-state index in [9.17, 15) is 13.6 Å². The molecule has 150 valence electrons. The average molecular weight is 456 g/mol. The third-order valence-electron chi connectivity index (χ3n) is 4.42. The van der Waals surface area contributed by atoms with Crippen LogP contribution < -0.4 is 5.32 Å². The molecule has 1 unspecified atom stereocenters. The number of aromatic nitrogens is 1. The molecule has 0 spiro atoms. The molecule has 1 atom stereocenters. The lowest BCUT2D eigenvalue weighted by molar-refractivity contribution is -0.165. The molecule has 0 aliphatic carbocycles. The number of ether oxygens (including phenoxy) is 1.